The van der Waals surface area contributed by atoms with Crippen LogP contribution < -0.4 is 10.6 Å². The lowest BCUT2D eigenvalue weighted by Crippen LogP contribution is -2.29. The van der Waals surface area contributed by atoms with Crippen LogP contribution in [0, 0.1) is 5.82 Å². The van der Waals surface area contributed by atoms with E-state index in [4.69, 9.17) is 4.74 Å². The van der Waals surface area contributed by atoms with E-state index < -0.39 is 12.0 Å². The van der Waals surface area contributed by atoms with Gasteiger partial charge < -0.3 is 19.9 Å². The van der Waals surface area contributed by atoms with Gasteiger partial charge in [-0.3, -0.25) is 0 Å². The Morgan fingerprint density at radius 3 is 2.68 bits per heavy atom. The quantitative estimate of drug-likeness (QED) is 0.638. The van der Waals surface area contributed by atoms with Crippen LogP contribution in [0.3, 0.4) is 0 Å². The predicted molar refractivity (Wildman–Crippen MR) is 104 cm³/mol. The predicted octanol–water partition coefficient (Wildman–Crippen LogP) is 3.78. The third kappa shape index (κ3) is 4.76. The van der Waals surface area contributed by atoms with Crippen molar-refractivity contribution in [3.8, 4) is 0 Å². The van der Waals surface area contributed by atoms with E-state index in [1.165, 1.54) is 19.2 Å². The number of nitrogens with one attached hydrogen (secondary N) is 2. The normalized spacial score (nSPS) is 10.4. The van der Waals surface area contributed by atoms with E-state index in [0.717, 1.165) is 11.3 Å². The number of carbonyl (C=O) groups excluding carboxylic acids is 2. The van der Waals surface area contributed by atoms with Gasteiger partial charge in [-0.25, -0.2) is 14.0 Å². The summed E-state index contributed by atoms with van der Waals surface area (Å²) < 4.78 is 20.0. The molecule has 3 aromatic rings. The van der Waals surface area contributed by atoms with Gasteiger partial charge in [0.15, 0.2) is 0 Å². The van der Waals surface area contributed by atoms with E-state index in [9.17, 15) is 14.0 Å². The number of esters is 1. The molecule has 0 radical (unpaired) electrons. The zero-order valence-corrected chi connectivity index (χ0v) is 15.3. The van der Waals surface area contributed by atoms with Gasteiger partial charge >= 0.3 is 12.0 Å². The van der Waals surface area contributed by atoms with Crippen molar-refractivity contribution in [1.29, 1.82) is 0 Å². The first-order chi connectivity index (χ1) is 13.6. The summed E-state index contributed by atoms with van der Waals surface area (Å²) in [5, 5.41) is 5.41. The number of ether oxygens (including phenoxy) is 1. The van der Waals surface area contributed by atoms with Gasteiger partial charge in [-0.1, -0.05) is 24.3 Å². The third-order valence-corrected chi connectivity index (χ3v) is 4.18. The molecular weight excluding hydrogens is 361 g/mol. The van der Waals surface area contributed by atoms with Crippen molar-refractivity contribution in [2.45, 2.75) is 13.1 Å². The average Bonchev–Trinajstić information content (AvgIpc) is 3.13. The maximum atomic E-state index is 13.4. The third-order valence-electron chi connectivity index (χ3n) is 4.18. The number of methoxy groups -OCH3 is 1. The molecule has 7 heteroatoms. The molecule has 0 aliphatic rings. The molecule has 3 rings (SSSR count). The summed E-state index contributed by atoms with van der Waals surface area (Å²) >= 11 is 0. The minimum absolute atomic E-state index is 0.272. The van der Waals surface area contributed by atoms with Crippen LogP contribution in [0.4, 0.5) is 14.9 Å². The number of carbonyl (C=O) groups is 2. The van der Waals surface area contributed by atoms with Gasteiger partial charge in [-0.2, -0.15) is 0 Å². The molecule has 0 saturated carbocycles. The van der Waals surface area contributed by atoms with Crippen molar-refractivity contribution in [2.24, 2.45) is 0 Å². The van der Waals surface area contributed by atoms with Crippen molar-refractivity contribution < 1.29 is 18.7 Å². The van der Waals surface area contributed by atoms with Gasteiger partial charge in [0.05, 0.1) is 24.9 Å². The fraction of sp³-hybridized carbons (Fsp3) is 0.143. The standard InChI is InChI=1S/C21H20FN3O3/c1-28-20(26)18-9-2-3-10-19(18)24-21(27)23-13-17-8-5-11-25(17)14-15-6-4-7-16(22)12-15/h2-12H,13-14H2,1H3,(H2,23,24,27). The number of hydrogen-bond donors (Lipinski definition) is 2. The molecule has 144 valence electrons. The largest absolute Gasteiger partial charge is 0.465 e. The highest BCUT2D eigenvalue weighted by Crippen LogP contribution is 2.16. The molecule has 0 bridgehead atoms. The number of amides is 2. The highest BCUT2D eigenvalue weighted by molar-refractivity contribution is 6.00. The van der Waals surface area contributed by atoms with Crippen LogP contribution in [0.2, 0.25) is 0 Å². The average molecular weight is 381 g/mol. The van der Waals surface area contributed by atoms with Crippen LogP contribution in [-0.2, 0) is 17.8 Å². The van der Waals surface area contributed by atoms with Crippen LogP contribution in [0.15, 0.2) is 66.9 Å². The van der Waals surface area contributed by atoms with E-state index in [1.54, 1.807) is 30.3 Å². The highest BCUT2D eigenvalue weighted by Gasteiger charge is 2.13. The zero-order valence-electron chi connectivity index (χ0n) is 15.3. The van der Waals surface area contributed by atoms with E-state index in [0.29, 0.717) is 12.2 Å². The first-order valence-electron chi connectivity index (χ1n) is 8.67. The molecule has 0 saturated heterocycles. The van der Waals surface area contributed by atoms with Crippen LogP contribution in [0.25, 0.3) is 0 Å². The maximum Gasteiger partial charge on any atom is 0.339 e. The second-order valence-corrected chi connectivity index (χ2v) is 6.10. The zero-order chi connectivity index (χ0) is 19.9. The minimum Gasteiger partial charge on any atom is -0.465 e. The summed E-state index contributed by atoms with van der Waals surface area (Å²) in [5.74, 6) is -0.812. The molecule has 0 aliphatic carbocycles. The number of nitrogens with zero attached hydrogens (tertiary/aromatic N) is 1. The molecule has 2 N–H and O–H groups in total. The molecule has 2 aromatic carbocycles. The summed E-state index contributed by atoms with van der Waals surface area (Å²) in [4.78, 5) is 24.0. The molecule has 0 spiro atoms. The van der Waals surface area contributed by atoms with E-state index in [2.05, 4.69) is 10.6 Å². The SMILES string of the molecule is COC(=O)c1ccccc1NC(=O)NCc1cccn1Cc1cccc(F)c1. The van der Waals surface area contributed by atoms with E-state index in [-0.39, 0.29) is 17.9 Å². The molecule has 0 unspecified atom stereocenters. The lowest BCUT2D eigenvalue weighted by Gasteiger charge is -2.13. The number of aromatic nitrogens is 1. The smallest absolute Gasteiger partial charge is 0.339 e. The Balaban J connectivity index is 1.62. The monoisotopic (exact) mass is 381 g/mol. The lowest BCUT2D eigenvalue weighted by molar-refractivity contribution is 0.0602. The van der Waals surface area contributed by atoms with Gasteiger partial charge in [0.25, 0.3) is 0 Å². The van der Waals surface area contributed by atoms with Crippen LogP contribution in [0.5, 0.6) is 0 Å². The minimum atomic E-state index is -0.528. The molecular formula is C21H20FN3O3. The molecule has 1 heterocycles. The van der Waals surface area contributed by atoms with Gasteiger partial charge in [0.1, 0.15) is 5.82 Å². The van der Waals surface area contributed by atoms with Crippen LogP contribution >= 0.6 is 0 Å². The first kappa shape index (κ1) is 19.2. The molecule has 6 nitrogen and oxygen atoms in total. The number of urea groups is 1. The first-order valence-corrected chi connectivity index (χ1v) is 8.67. The topological polar surface area (TPSA) is 72.4 Å². The molecule has 0 atom stereocenters. The van der Waals surface area contributed by atoms with Crippen LogP contribution in [-0.4, -0.2) is 23.7 Å². The summed E-state index contributed by atoms with van der Waals surface area (Å²) in [6.07, 6.45) is 1.87. The molecule has 0 aliphatic heterocycles. The van der Waals surface area contributed by atoms with Gasteiger partial charge in [0.2, 0.25) is 0 Å². The maximum absolute atomic E-state index is 13.4. The van der Waals surface area contributed by atoms with E-state index in [1.807, 2.05) is 29.0 Å². The van der Waals surface area contributed by atoms with Crippen molar-refractivity contribution in [2.75, 3.05) is 12.4 Å². The number of para-hydroxylation sites is 1. The molecule has 2 amide bonds. The highest BCUT2D eigenvalue weighted by atomic mass is 19.1. The number of halogens is 1. The summed E-state index contributed by atoms with van der Waals surface area (Å²) in [6.45, 7) is 0.767. The van der Waals surface area contributed by atoms with Crippen molar-refractivity contribution in [3.05, 3.63) is 89.5 Å². The van der Waals surface area contributed by atoms with Crippen molar-refractivity contribution >= 4 is 17.7 Å². The molecule has 28 heavy (non-hydrogen) atoms. The Hall–Kier alpha value is -3.61. The second-order valence-electron chi connectivity index (χ2n) is 6.10. The number of anilines is 1. The Morgan fingerprint density at radius 2 is 1.89 bits per heavy atom. The number of rotatable bonds is 6. The fourth-order valence-corrected chi connectivity index (χ4v) is 2.81. The Morgan fingerprint density at radius 1 is 1.07 bits per heavy atom. The van der Waals surface area contributed by atoms with Crippen molar-refractivity contribution in [3.63, 3.8) is 0 Å². The molecule has 1 aromatic heterocycles. The van der Waals surface area contributed by atoms with Gasteiger partial charge in [-0.05, 0) is 42.0 Å². The van der Waals surface area contributed by atoms with E-state index >= 15 is 0 Å². The Bertz CT molecular complexity index is 984. The van der Waals surface area contributed by atoms with Crippen molar-refractivity contribution in [1.82, 2.24) is 9.88 Å². The Labute approximate surface area is 161 Å². The summed E-state index contributed by atoms with van der Waals surface area (Å²) in [6, 6.07) is 16.3. The second kappa shape index (κ2) is 8.85. The fourth-order valence-electron chi connectivity index (χ4n) is 2.81. The molecule has 0 fully saturated rings. The van der Waals surface area contributed by atoms with Crippen LogP contribution in [0.1, 0.15) is 21.6 Å². The number of hydrogen-bond acceptors (Lipinski definition) is 3. The lowest BCUT2D eigenvalue weighted by atomic mass is 10.2. The Kier molecular flexibility index (Phi) is 6.06. The number of benzene rings is 2. The van der Waals surface area contributed by atoms with Gasteiger partial charge in [-0.15, -0.1) is 0 Å². The summed E-state index contributed by atoms with van der Waals surface area (Å²) in [7, 11) is 1.28. The summed E-state index contributed by atoms with van der Waals surface area (Å²) in [5.41, 5.74) is 2.33. The van der Waals surface area contributed by atoms with Gasteiger partial charge in [0, 0.05) is 18.4 Å².